The van der Waals surface area contributed by atoms with Crippen molar-refractivity contribution in [3.8, 4) is 11.5 Å². The van der Waals surface area contributed by atoms with Crippen molar-refractivity contribution in [2.24, 2.45) is 0 Å². The zero-order valence-corrected chi connectivity index (χ0v) is 16.7. The van der Waals surface area contributed by atoms with E-state index in [2.05, 4.69) is 29.4 Å². The molecule has 0 spiro atoms. The van der Waals surface area contributed by atoms with Crippen molar-refractivity contribution in [2.45, 2.75) is 44.1 Å². The normalized spacial score (nSPS) is 12.2. The quantitative estimate of drug-likeness (QED) is 0.588. The van der Waals surface area contributed by atoms with Gasteiger partial charge >= 0.3 is 0 Å². The molecule has 0 aliphatic carbocycles. The van der Waals surface area contributed by atoms with Gasteiger partial charge in [-0.1, -0.05) is 62.0 Å². The highest BCUT2D eigenvalue weighted by Gasteiger charge is 2.20. The molecule has 3 aromatic rings. The lowest BCUT2D eigenvalue weighted by molar-refractivity contribution is -0.115. The molecule has 0 saturated heterocycles. The van der Waals surface area contributed by atoms with Gasteiger partial charge in [0.05, 0.1) is 5.25 Å². The van der Waals surface area contributed by atoms with Crippen LogP contribution in [0.5, 0.6) is 0 Å². The smallest absolute Gasteiger partial charge is 0.277 e. The zero-order chi connectivity index (χ0) is 19.4. The monoisotopic (exact) mass is 381 g/mol. The molecule has 1 N–H and O–H groups in total. The number of carbonyl (C=O) groups is 1. The third-order valence-corrected chi connectivity index (χ3v) is 5.20. The molecule has 0 aliphatic heterocycles. The van der Waals surface area contributed by atoms with Gasteiger partial charge in [-0.3, -0.25) is 4.79 Å². The van der Waals surface area contributed by atoms with E-state index in [-0.39, 0.29) is 11.2 Å². The van der Waals surface area contributed by atoms with Crippen LogP contribution in [0.1, 0.15) is 37.8 Å². The molecule has 2 aromatic carbocycles. The Hall–Kier alpha value is -2.60. The minimum absolute atomic E-state index is 0.0938. The minimum atomic E-state index is -0.365. The van der Waals surface area contributed by atoms with Crippen molar-refractivity contribution in [1.82, 2.24) is 10.2 Å². The molecule has 5 nitrogen and oxygen atoms in total. The number of carbonyl (C=O) groups excluding carboxylic acids is 1. The topological polar surface area (TPSA) is 68.0 Å². The van der Waals surface area contributed by atoms with Crippen LogP contribution < -0.4 is 5.32 Å². The molecule has 0 unspecified atom stereocenters. The number of rotatable bonds is 6. The third-order valence-electron chi connectivity index (χ3n) is 4.27. The molecule has 1 heterocycles. The molecule has 0 saturated carbocycles. The molecule has 27 heavy (non-hydrogen) atoms. The van der Waals surface area contributed by atoms with Gasteiger partial charge in [0.15, 0.2) is 0 Å². The Bertz CT molecular complexity index is 936. The zero-order valence-electron chi connectivity index (χ0n) is 15.9. The number of para-hydroxylation sites is 1. The lowest BCUT2D eigenvalue weighted by Crippen LogP contribution is -2.23. The Morgan fingerprint density at radius 2 is 1.74 bits per heavy atom. The summed E-state index contributed by atoms with van der Waals surface area (Å²) in [6, 6.07) is 15.7. The van der Waals surface area contributed by atoms with E-state index >= 15 is 0 Å². The highest BCUT2D eigenvalue weighted by atomic mass is 32.2. The molecular weight excluding hydrogens is 358 g/mol. The van der Waals surface area contributed by atoms with E-state index in [0.717, 1.165) is 22.4 Å². The molecule has 1 atom stereocenters. The number of thioether (sulfide) groups is 1. The summed E-state index contributed by atoms with van der Waals surface area (Å²) in [4.78, 5) is 12.6. The van der Waals surface area contributed by atoms with Crippen molar-refractivity contribution in [3.63, 3.8) is 0 Å². The van der Waals surface area contributed by atoms with Gasteiger partial charge < -0.3 is 9.73 Å². The van der Waals surface area contributed by atoms with Crippen LogP contribution in [-0.4, -0.2) is 21.4 Å². The number of nitrogens with one attached hydrogen (secondary N) is 1. The first-order valence-electron chi connectivity index (χ1n) is 8.91. The van der Waals surface area contributed by atoms with Crippen LogP contribution in [0.3, 0.4) is 0 Å². The van der Waals surface area contributed by atoms with Crippen molar-refractivity contribution >= 4 is 23.4 Å². The number of hydrogen-bond acceptors (Lipinski definition) is 5. The van der Waals surface area contributed by atoms with Gasteiger partial charge in [0, 0.05) is 11.3 Å². The van der Waals surface area contributed by atoms with E-state index in [1.54, 1.807) is 0 Å². The summed E-state index contributed by atoms with van der Waals surface area (Å²) < 4.78 is 5.74. The Labute approximate surface area is 163 Å². The van der Waals surface area contributed by atoms with Crippen LogP contribution >= 0.6 is 11.8 Å². The maximum Gasteiger partial charge on any atom is 0.277 e. The molecule has 3 rings (SSSR count). The summed E-state index contributed by atoms with van der Waals surface area (Å²) in [7, 11) is 0. The average Bonchev–Trinajstić information content (AvgIpc) is 3.10. The molecule has 1 amide bonds. The van der Waals surface area contributed by atoms with Crippen LogP contribution in [-0.2, 0) is 4.79 Å². The van der Waals surface area contributed by atoms with E-state index < -0.39 is 0 Å². The number of hydrogen-bond donors (Lipinski definition) is 1. The summed E-state index contributed by atoms with van der Waals surface area (Å²) in [6.07, 6.45) is 0. The maximum atomic E-state index is 12.6. The number of aryl methyl sites for hydroxylation is 1. The lowest BCUT2D eigenvalue weighted by Gasteiger charge is -2.15. The Kier molecular flexibility index (Phi) is 5.96. The largest absolute Gasteiger partial charge is 0.411 e. The first kappa shape index (κ1) is 19.2. The van der Waals surface area contributed by atoms with E-state index in [1.807, 2.05) is 62.4 Å². The predicted molar refractivity (Wildman–Crippen MR) is 109 cm³/mol. The first-order valence-corrected chi connectivity index (χ1v) is 9.79. The van der Waals surface area contributed by atoms with Gasteiger partial charge in [-0.05, 0) is 43.0 Å². The first-order chi connectivity index (χ1) is 13.0. The van der Waals surface area contributed by atoms with Gasteiger partial charge in [-0.15, -0.1) is 10.2 Å². The van der Waals surface area contributed by atoms with Crippen molar-refractivity contribution in [3.05, 3.63) is 59.7 Å². The standard InChI is InChI=1S/C21H23N3O2S/c1-13(2)16-10-7-8-12-18(16)22-19(25)15(4)27-21-24-23-20(26-21)17-11-6-5-9-14(17)3/h5-13,15H,1-4H3,(H,22,25)/t15-/m0/s1. The molecule has 6 heteroatoms. The summed E-state index contributed by atoms with van der Waals surface area (Å²) in [6.45, 7) is 8.04. The fourth-order valence-corrected chi connectivity index (χ4v) is 3.42. The van der Waals surface area contributed by atoms with E-state index in [0.29, 0.717) is 17.0 Å². The molecular formula is C21H23N3O2S. The predicted octanol–water partition coefficient (Wildman–Crippen LogP) is 5.29. The SMILES string of the molecule is Cc1ccccc1-c1nnc(S[C@@H](C)C(=O)Nc2ccccc2C(C)C)o1. The maximum absolute atomic E-state index is 12.6. The molecule has 0 fully saturated rings. The summed E-state index contributed by atoms with van der Waals surface area (Å²) in [5, 5.41) is 11.2. The van der Waals surface area contributed by atoms with E-state index in [1.165, 1.54) is 11.8 Å². The van der Waals surface area contributed by atoms with Crippen molar-refractivity contribution in [1.29, 1.82) is 0 Å². The number of amides is 1. The molecule has 1 aromatic heterocycles. The second kappa shape index (κ2) is 8.39. The van der Waals surface area contributed by atoms with Gasteiger partial charge in [0.1, 0.15) is 0 Å². The average molecular weight is 382 g/mol. The van der Waals surface area contributed by atoms with E-state index in [4.69, 9.17) is 4.42 Å². The fourth-order valence-electron chi connectivity index (χ4n) is 2.73. The van der Waals surface area contributed by atoms with Gasteiger partial charge in [0.2, 0.25) is 11.8 Å². The van der Waals surface area contributed by atoms with E-state index in [9.17, 15) is 4.79 Å². The highest BCUT2D eigenvalue weighted by Crippen LogP contribution is 2.29. The van der Waals surface area contributed by atoms with Crippen LogP contribution in [0.25, 0.3) is 11.5 Å². The second-order valence-electron chi connectivity index (χ2n) is 6.68. The van der Waals surface area contributed by atoms with Gasteiger partial charge in [-0.2, -0.15) is 0 Å². The Balaban J connectivity index is 1.68. The Morgan fingerprint density at radius 3 is 2.48 bits per heavy atom. The second-order valence-corrected chi connectivity index (χ2v) is 7.97. The third kappa shape index (κ3) is 4.57. The van der Waals surface area contributed by atoms with Crippen LogP contribution in [0.15, 0.2) is 58.2 Å². The van der Waals surface area contributed by atoms with Crippen molar-refractivity contribution in [2.75, 3.05) is 5.32 Å². The van der Waals surface area contributed by atoms with Gasteiger partial charge in [0.25, 0.3) is 5.22 Å². The van der Waals surface area contributed by atoms with Gasteiger partial charge in [-0.25, -0.2) is 0 Å². The highest BCUT2D eigenvalue weighted by molar-refractivity contribution is 8.00. The number of aromatic nitrogens is 2. The number of anilines is 1. The molecule has 0 aliphatic rings. The fraction of sp³-hybridized carbons (Fsp3) is 0.286. The summed E-state index contributed by atoms with van der Waals surface area (Å²) in [5.41, 5.74) is 3.92. The molecule has 0 radical (unpaired) electrons. The summed E-state index contributed by atoms with van der Waals surface area (Å²) >= 11 is 1.25. The molecule has 140 valence electrons. The van der Waals surface area contributed by atoms with Crippen LogP contribution in [0, 0.1) is 6.92 Å². The molecule has 0 bridgehead atoms. The Morgan fingerprint density at radius 1 is 1.04 bits per heavy atom. The number of nitrogens with zero attached hydrogens (tertiary/aromatic N) is 2. The number of benzene rings is 2. The lowest BCUT2D eigenvalue weighted by atomic mass is 10.0. The van der Waals surface area contributed by atoms with Crippen LogP contribution in [0.2, 0.25) is 0 Å². The minimum Gasteiger partial charge on any atom is -0.411 e. The van der Waals surface area contributed by atoms with Crippen molar-refractivity contribution < 1.29 is 9.21 Å². The van der Waals surface area contributed by atoms with Crippen LogP contribution in [0.4, 0.5) is 5.69 Å². The summed E-state index contributed by atoms with van der Waals surface area (Å²) in [5.74, 6) is 0.703.